The molecule has 0 radical (unpaired) electrons. The molecule has 7 heteroatoms. The predicted molar refractivity (Wildman–Crippen MR) is 104 cm³/mol. The fraction of sp³-hybridized carbons (Fsp3) is 0.421. The first-order valence-corrected chi connectivity index (χ1v) is 9.64. The summed E-state index contributed by atoms with van der Waals surface area (Å²) < 4.78 is 10.4. The van der Waals surface area contributed by atoms with E-state index in [1.165, 1.54) is 11.3 Å². The van der Waals surface area contributed by atoms with E-state index in [1.807, 2.05) is 52.0 Å². The fourth-order valence-corrected chi connectivity index (χ4v) is 3.89. The standard InChI is InChI=1S/C19H24N4O2S/c1-5-25-11-10-22-15-8-6-7-9-17(15)26-19(22)20-18(24)16-12-14(4)21-23(16)13(2)3/h6-9,12-13H,5,10-11H2,1-4H3. The van der Waals surface area contributed by atoms with E-state index in [9.17, 15) is 4.79 Å². The molecule has 0 bridgehead atoms. The van der Waals surface area contributed by atoms with Crippen molar-refractivity contribution < 1.29 is 9.53 Å². The molecule has 0 N–H and O–H groups in total. The van der Waals surface area contributed by atoms with Crippen molar-refractivity contribution in [3.05, 3.63) is 46.5 Å². The normalized spacial score (nSPS) is 12.4. The average Bonchev–Trinajstić information content (AvgIpc) is 3.16. The molecule has 0 aliphatic carbocycles. The van der Waals surface area contributed by atoms with Crippen LogP contribution in [0.25, 0.3) is 10.2 Å². The Morgan fingerprint density at radius 1 is 1.35 bits per heavy atom. The zero-order valence-electron chi connectivity index (χ0n) is 15.6. The van der Waals surface area contributed by atoms with Gasteiger partial charge in [0, 0.05) is 19.2 Å². The predicted octanol–water partition coefficient (Wildman–Crippen LogP) is 3.57. The van der Waals surface area contributed by atoms with Gasteiger partial charge in [0.15, 0.2) is 4.80 Å². The molecule has 3 rings (SSSR count). The molecule has 0 aliphatic rings. The fourth-order valence-electron chi connectivity index (χ4n) is 2.84. The van der Waals surface area contributed by atoms with Gasteiger partial charge in [0.1, 0.15) is 5.69 Å². The first kappa shape index (κ1) is 18.5. The van der Waals surface area contributed by atoms with Crippen LogP contribution in [0.3, 0.4) is 0 Å². The molecular weight excluding hydrogens is 348 g/mol. The average molecular weight is 372 g/mol. The van der Waals surface area contributed by atoms with E-state index in [-0.39, 0.29) is 11.9 Å². The number of carbonyl (C=O) groups is 1. The van der Waals surface area contributed by atoms with Crippen molar-refractivity contribution in [1.29, 1.82) is 0 Å². The number of fused-ring (bicyclic) bond motifs is 1. The first-order chi connectivity index (χ1) is 12.5. The number of para-hydroxylation sites is 1. The smallest absolute Gasteiger partial charge is 0.297 e. The zero-order valence-corrected chi connectivity index (χ0v) is 16.4. The quantitative estimate of drug-likeness (QED) is 0.622. The number of rotatable bonds is 6. The number of benzene rings is 1. The number of aryl methyl sites for hydroxylation is 1. The van der Waals surface area contributed by atoms with Gasteiger partial charge in [-0.1, -0.05) is 23.5 Å². The minimum atomic E-state index is -0.268. The highest BCUT2D eigenvalue weighted by molar-refractivity contribution is 7.16. The summed E-state index contributed by atoms with van der Waals surface area (Å²) in [6.45, 7) is 9.78. The molecule has 0 unspecified atom stereocenters. The van der Waals surface area contributed by atoms with Gasteiger partial charge >= 0.3 is 0 Å². The summed E-state index contributed by atoms with van der Waals surface area (Å²) in [5.41, 5.74) is 2.40. The Morgan fingerprint density at radius 3 is 2.85 bits per heavy atom. The summed E-state index contributed by atoms with van der Waals surface area (Å²) in [6.07, 6.45) is 0. The Morgan fingerprint density at radius 2 is 2.12 bits per heavy atom. The summed E-state index contributed by atoms with van der Waals surface area (Å²) in [7, 11) is 0. The molecule has 2 heterocycles. The lowest BCUT2D eigenvalue weighted by Crippen LogP contribution is -2.21. The SMILES string of the molecule is CCOCCn1c(=NC(=O)c2cc(C)nn2C(C)C)sc2ccccc21. The molecule has 6 nitrogen and oxygen atoms in total. The van der Waals surface area contributed by atoms with Crippen LogP contribution in [0.5, 0.6) is 0 Å². The van der Waals surface area contributed by atoms with Crippen molar-refractivity contribution in [1.82, 2.24) is 14.3 Å². The molecule has 1 aromatic carbocycles. The van der Waals surface area contributed by atoms with Gasteiger partial charge in [0.25, 0.3) is 5.91 Å². The van der Waals surface area contributed by atoms with Gasteiger partial charge in [-0.2, -0.15) is 10.1 Å². The Hall–Kier alpha value is -2.25. The maximum Gasteiger partial charge on any atom is 0.297 e. The zero-order chi connectivity index (χ0) is 18.7. The molecule has 3 aromatic rings. The van der Waals surface area contributed by atoms with E-state index < -0.39 is 0 Å². The van der Waals surface area contributed by atoms with E-state index in [4.69, 9.17) is 4.74 Å². The number of thiazole rings is 1. The molecule has 0 saturated carbocycles. The van der Waals surface area contributed by atoms with Crippen LogP contribution in [0, 0.1) is 6.92 Å². The molecule has 0 fully saturated rings. The topological polar surface area (TPSA) is 61.4 Å². The van der Waals surface area contributed by atoms with Crippen LogP contribution >= 0.6 is 11.3 Å². The van der Waals surface area contributed by atoms with E-state index in [0.29, 0.717) is 30.3 Å². The van der Waals surface area contributed by atoms with Crippen molar-refractivity contribution in [3.8, 4) is 0 Å². The van der Waals surface area contributed by atoms with Crippen LogP contribution < -0.4 is 4.80 Å². The van der Waals surface area contributed by atoms with Crippen molar-refractivity contribution in [3.63, 3.8) is 0 Å². The van der Waals surface area contributed by atoms with Crippen LogP contribution in [-0.4, -0.2) is 33.5 Å². The van der Waals surface area contributed by atoms with Crippen molar-refractivity contribution in [2.45, 2.75) is 40.3 Å². The van der Waals surface area contributed by atoms with Gasteiger partial charge in [0.2, 0.25) is 0 Å². The lowest BCUT2D eigenvalue weighted by atomic mass is 10.3. The molecule has 2 aromatic heterocycles. The van der Waals surface area contributed by atoms with Gasteiger partial charge in [-0.25, -0.2) is 0 Å². The van der Waals surface area contributed by atoms with Gasteiger partial charge in [-0.3, -0.25) is 9.48 Å². The second-order valence-corrected chi connectivity index (χ2v) is 7.34. The Bertz CT molecular complexity index is 981. The van der Waals surface area contributed by atoms with E-state index in [2.05, 4.69) is 14.7 Å². The maximum absolute atomic E-state index is 12.8. The van der Waals surface area contributed by atoms with Crippen LogP contribution in [0.1, 0.15) is 43.0 Å². The molecule has 0 atom stereocenters. The molecule has 26 heavy (non-hydrogen) atoms. The number of nitrogens with zero attached hydrogens (tertiary/aromatic N) is 4. The summed E-state index contributed by atoms with van der Waals surface area (Å²) in [4.78, 5) is 18.0. The number of hydrogen-bond acceptors (Lipinski definition) is 4. The third-order valence-corrected chi connectivity index (χ3v) is 5.07. The lowest BCUT2D eigenvalue weighted by molar-refractivity contribution is 0.0984. The number of ether oxygens (including phenoxy) is 1. The molecular formula is C19H24N4O2S. The number of aromatic nitrogens is 3. The second-order valence-electron chi connectivity index (χ2n) is 6.33. The second kappa shape index (κ2) is 7.97. The number of carbonyl (C=O) groups excluding carboxylic acids is 1. The van der Waals surface area contributed by atoms with E-state index >= 15 is 0 Å². The van der Waals surface area contributed by atoms with Crippen LogP contribution in [-0.2, 0) is 11.3 Å². The maximum atomic E-state index is 12.8. The Balaban J connectivity index is 2.06. The third kappa shape index (κ3) is 3.78. The van der Waals surface area contributed by atoms with Crippen LogP contribution in [0.15, 0.2) is 35.3 Å². The lowest BCUT2D eigenvalue weighted by Gasteiger charge is -2.08. The highest BCUT2D eigenvalue weighted by Crippen LogP contribution is 2.17. The number of hydrogen-bond donors (Lipinski definition) is 0. The van der Waals surface area contributed by atoms with Crippen molar-refractivity contribution in [2.24, 2.45) is 4.99 Å². The van der Waals surface area contributed by atoms with Gasteiger partial charge in [-0.05, 0) is 45.9 Å². The summed E-state index contributed by atoms with van der Waals surface area (Å²) in [5.74, 6) is -0.268. The highest BCUT2D eigenvalue weighted by Gasteiger charge is 2.16. The van der Waals surface area contributed by atoms with Gasteiger partial charge in [0.05, 0.1) is 22.5 Å². The molecule has 0 saturated heterocycles. The van der Waals surface area contributed by atoms with Gasteiger partial charge in [-0.15, -0.1) is 0 Å². The van der Waals surface area contributed by atoms with Crippen LogP contribution in [0.2, 0.25) is 0 Å². The van der Waals surface area contributed by atoms with Crippen molar-refractivity contribution in [2.75, 3.05) is 13.2 Å². The van der Waals surface area contributed by atoms with Crippen LogP contribution in [0.4, 0.5) is 0 Å². The number of amides is 1. The minimum Gasteiger partial charge on any atom is -0.380 e. The van der Waals surface area contributed by atoms with Gasteiger partial charge < -0.3 is 9.30 Å². The Labute approximate surface area is 156 Å². The largest absolute Gasteiger partial charge is 0.380 e. The van der Waals surface area contributed by atoms with E-state index in [0.717, 1.165) is 15.9 Å². The summed E-state index contributed by atoms with van der Waals surface area (Å²) >= 11 is 1.52. The van der Waals surface area contributed by atoms with Crippen molar-refractivity contribution >= 4 is 27.5 Å². The highest BCUT2D eigenvalue weighted by atomic mass is 32.1. The molecule has 0 spiro atoms. The molecule has 138 valence electrons. The Kier molecular flexibility index (Phi) is 5.68. The summed E-state index contributed by atoms with van der Waals surface area (Å²) in [6, 6.07) is 9.98. The third-order valence-electron chi connectivity index (χ3n) is 4.01. The summed E-state index contributed by atoms with van der Waals surface area (Å²) in [5, 5.41) is 4.41. The van der Waals surface area contributed by atoms with E-state index in [1.54, 1.807) is 10.7 Å². The monoisotopic (exact) mass is 372 g/mol. The first-order valence-electron chi connectivity index (χ1n) is 8.82. The minimum absolute atomic E-state index is 0.102. The molecule has 1 amide bonds. The molecule has 0 aliphatic heterocycles.